The summed E-state index contributed by atoms with van der Waals surface area (Å²) in [7, 11) is 0. The highest BCUT2D eigenvalue weighted by Crippen LogP contribution is 2.28. The Morgan fingerprint density at radius 3 is 2.50 bits per heavy atom. The molecule has 1 aromatic rings. The zero-order valence-corrected chi connectivity index (χ0v) is 9.24. The first-order valence-corrected chi connectivity index (χ1v) is 4.69. The second-order valence-corrected chi connectivity index (χ2v) is 3.79. The molecule has 1 aromatic heterocycles. The predicted molar refractivity (Wildman–Crippen MR) is 49.6 cm³/mol. The van der Waals surface area contributed by atoms with Gasteiger partial charge in [0, 0.05) is 6.07 Å². The monoisotopic (exact) mass is 351 g/mol. The van der Waals surface area contributed by atoms with E-state index in [9.17, 15) is 13.2 Å². The molecule has 0 unspecified atom stereocenters. The van der Waals surface area contributed by atoms with E-state index in [1.807, 2.05) is 0 Å². The minimum Gasteiger partial charge on any atom is -0.234 e. The number of alkyl halides is 2. The van der Waals surface area contributed by atoms with Crippen LogP contribution in [-0.4, -0.2) is 4.98 Å². The molecule has 0 radical (unpaired) electrons. The lowest BCUT2D eigenvalue weighted by Gasteiger charge is -2.03. The molecule has 12 heavy (non-hydrogen) atoms. The van der Waals surface area contributed by atoms with Crippen LogP contribution in [0.15, 0.2) is 10.7 Å². The van der Waals surface area contributed by atoms with Crippen molar-refractivity contribution in [2.75, 3.05) is 0 Å². The third-order valence-corrected chi connectivity index (χ3v) is 2.31. The van der Waals surface area contributed by atoms with Gasteiger partial charge in [-0.25, -0.2) is 18.2 Å². The van der Waals surface area contributed by atoms with Gasteiger partial charge in [0.2, 0.25) is 0 Å². The molecule has 0 spiro atoms. The quantitative estimate of drug-likeness (QED) is 0.557. The van der Waals surface area contributed by atoms with E-state index in [0.29, 0.717) is 3.70 Å². The molecule has 66 valence electrons. The van der Waals surface area contributed by atoms with Crippen molar-refractivity contribution in [3.63, 3.8) is 0 Å². The van der Waals surface area contributed by atoms with Gasteiger partial charge >= 0.3 is 0 Å². The molecular weight excluding hydrogens is 350 g/mol. The van der Waals surface area contributed by atoms with E-state index < -0.39 is 17.8 Å². The lowest BCUT2D eigenvalue weighted by atomic mass is 10.3. The Morgan fingerprint density at radius 2 is 2.08 bits per heavy atom. The molecule has 0 amide bonds. The molecule has 0 aliphatic rings. The zero-order chi connectivity index (χ0) is 9.30. The van der Waals surface area contributed by atoms with Gasteiger partial charge in [-0.05, 0) is 38.5 Å². The third-order valence-electron chi connectivity index (χ3n) is 1.15. The van der Waals surface area contributed by atoms with Gasteiger partial charge in [0.15, 0.2) is 0 Å². The van der Waals surface area contributed by atoms with Gasteiger partial charge < -0.3 is 0 Å². The molecule has 0 saturated heterocycles. The number of hydrogen-bond donors (Lipinski definition) is 0. The number of nitrogens with zero attached hydrogens (tertiary/aromatic N) is 1. The number of aromatic nitrogens is 1. The van der Waals surface area contributed by atoms with Crippen LogP contribution in [-0.2, 0) is 0 Å². The van der Waals surface area contributed by atoms with E-state index in [1.165, 1.54) is 0 Å². The molecule has 0 aliphatic carbocycles. The topological polar surface area (TPSA) is 12.9 Å². The summed E-state index contributed by atoms with van der Waals surface area (Å²) in [5.74, 6) is -0.934. The Morgan fingerprint density at radius 1 is 1.50 bits per heavy atom. The van der Waals surface area contributed by atoms with E-state index in [2.05, 4.69) is 20.9 Å². The van der Waals surface area contributed by atoms with Crippen LogP contribution in [0.25, 0.3) is 0 Å². The number of hydrogen-bond acceptors (Lipinski definition) is 1. The first-order valence-electron chi connectivity index (χ1n) is 2.82. The van der Waals surface area contributed by atoms with Gasteiger partial charge in [0.05, 0.1) is 5.56 Å². The fraction of sp³-hybridized carbons (Fsp3) is 0.167. The molecule has 0 bridgehead atoms. The predicted octanol–water partition coefficient (Wildman–Crippen LogP) is 3.53. The molecule has 1 nitrogen and oxygen atoms in total. The molecule has 0 aliphatic heterocycles. The van der Waals surface area contributed by atoms with Crippen molar-refractivity contribution in [3.8, 4) is 0 Å². The van der Waals surface area contributed by atoms with Gasteiger partial charge in [0.1, 0.15) is 14.1 Å². The summed E-state index contributed by atoms with van der Waals surface area (Å²) in [6.07, 6.45) is -2.84. The number of pyridine rings is 1. The SMILES string of the molecule is Fc1cc(I)nc(Br)c1C(F)F. The van der Waals surface area contributed by atoms with Crippen molar-refractivity contribution in [1.29, 1.82) is 0 Å². The smallest absolute Gasteiger partial charge is 0.234 e. The molecular formula is C6H2BrF3IN. The van der Waals surface area contributed by atoms with Crippen LogP contribution in [0.1, 0.15) is 12.0 Å². The Balaban J connectivity index is 3.28. The van der Waals surface area contributed by atoms with Crippen molar-refractivity contribution in [2.24, 2.45) is 0 Å². The highest BCUT2D eigenvalue weighted by molar-refractivity contribution is 14.1. The molecule has 0 saturated carbocycles. The van der Waals surface area contributed by atoms with Gasteiger partial charge in [-0.15, -0.1) is 0 Å². The molecule has 1 rings (SSSR count). The summed E-state index contributed by atoms with van der Waals surface area (Å²) >= 11 is 4.51. The maximum atomic E-state index is 12.8. The van der Waals surface area contributed by atoms with Crippen molar-refractivity contribution in [3.05, 3.63) is 25.8 Å². The molecule has 0 fully saturated rings. The second-order valence-electron chi connectivity index (χ2n) is 1.93. The maximum Gasteiger partial charge on any atom is 0.269 e. The highest BCUT2D eigenvalue weighted by atomic mass is 127. The largest absolute Gasteiger partial charge is 0.269 e. The Labute approximate surface area is 88.6 Å². The van der Waals surface area contributed by atoms with Crippen LogP contribution in [0.5, 0.6) is 0 Å². The fourth-order valence-corrected chi connectivity index (χ4v) is 2.06. The number of halogens is 5. The van der Waals surface area contributed by atoms with Crippen LogP contribution in [0.2, 0.25) is 0 Å². The lowest BCUT2D eigenvalue weighted by Crippen LogP contribution is -1.96. The van der Waals surface area contributed by atoms with Crippen molar-refractivity contribution < 1.29 is 13.2 Å². The van der Waals surface area contributed by atoms with Crippen LogP contribution in [0.3, 0.4) is 0 Å². The van der Waals surface area contributed by atoms with E-state index in [1.54, 1.807) is 22.6 Å². The lowest BCUT2D eigenvalue weighted by molar-refractivity contribution is 0.144. The molecule has 0 aromatic carbocycles. The van der Waals surface area contributed by atoms with Crippen LogP contribution in [0.4, 0.5) is 13.2 Å². The summed E-state index contributed by atoms with van der Waals surface area (Å²) in [5, 5.41) is 0. The second kappa shape index (κ2) is 3.91. The van der Waals surface area contributed by atoms with Crippen LogP contribution in [0, 0.1) is 9.52 Å². The van der Waals surface area contributed by atoms with Gasteiger partial charge in [-0.3, -0.25) is 0 Å². The average molecular weight is 352 g/mol. The normalized spacial score (nSPS) is 10.8. The maximum absolute atomic E-state index is 12.8. The van der Waals surface area contributed by atoms with Crippen LogP contribution < -0.4 is 0 Å². The summed E-state index contributed by atoms with van der Waals surface area (Å²) < 4.78 is 37.2. The Bertz CT molecular complexity index is 282. The molecule has 0 atom stereocenters. The summed E-state index contributed by atoms with van der Waals surface area (Å²) in [6.45, 7) is 0. The van der Waals surface area contributed by atoms with Gasteiger partial charge in [-0.1, -0.05) is 0 Å². The highest BCUT2D eigenvalue weighted by Gasteiger charge is 2.18. The van der Waals surface area contributed by atoms with E-state index in [4.69, 9.17) is 0 Å². The van der Waals surface area contributed by atoms with Crippen LogP contribution >= 0.6 is 38.5 Å². The van der Waals surface area contributed by atoms with Crippen molar-refractivity contribution in [2.45, 2.75) is 6.43 Å². The standard InChI is InChI=1S/C6H2BrF3IN/c7-5-4(6(9)10)2(8)1-3(11)12-5/h1,6H. The van der Waals surface area contributed by atoms with E-state index in [0.717, 1.165) is 6.07 Å². The Hall–Kier alpha value is 0.150. The summed E-state index contributed by atoms with van der Waals surface area (Å²) in [5.41, 5.74) is -0.685. The first kappa shape index (κ1) is 10.2. The summed E-state index contributed by atoms with van der Waals surface area (Å²) in [6, 6.07) is 0.965. The van der Waals surface area contributed by atoms with E-state index in [-0.39, 0.29) is 4.60 Å². The van der Waals surface area contributed by atoms with Gasteiger partial charge in [0.25, 0.3) is 6.43 Å². The average Bonchev–Trinajstić information content (AvgIpc) is 1.82. The zero-order valence-electron chi connectivity index (χ0n) is 5.49. The Kier molecular flexibility index (Phi) is 3.33. The number of rotatable bonds is 1. The minimum atomic E-state index is -2.84. The molecule has 1 heterocycles. The minimum absolute atomic E-state index is 0.137. The molecule has 0 N–H and O–H groups in total. The third kappa shape index (κ3) is 2.09. The van der Waals surface area contributed by atoms with Gasteiger partial charge in [-0.2, -0.15) is 0 Å². The first-order chi connectivity index (χ1) is 5.52. The summed E-state index contributed by atoms with van der Waals surface area (Å²) in [4.78, 5) is 3.64. The fourth-order valence-electron chi connectivity index (χ4n) is 0.661. The van der Waals surface area contributed by atoms with Crippen molar-refractivity contribution in [1.82, 2.24) is 4.98 Å². The van der Waals surface area contributed by atoms with E-state index >= 15 is 0 Å². The molecule has 6 heteroatoms. The van der Waals surface area contributed by atoms with Crippen molar-refractivity contribution >= 4 is 38.5 Å².